The molecular formula is C18H18N4O3S2. The molecule has 2 heterocycles. The summed E-state index contributed by atoms with van der Waals surface area (Å²) in [6.45, 7) is 3.31. The molecule has 27 heavy (non-hydrogen) atoms. The number of rotatable bonds is 7. The highest BCUT2D eigenvalue weighted by Crippen LogP contribution is 2.28. The Kier molecular flexibility index (Phi) is 6.25. The summed E-state index contributed by atoms with van der Waals surface area (Å²) in [6, 6.07) is 11.7. The summed E-state index contributed by atoms with van der Waals surface area (Å²) in [5, 5.41) is 13.6. The van der Waals surface area contributed by atoms with E-state index < -0.39 is 0 Å². The van der Waals surface area contributed by atoms with Gasteiger partial charge in [-0.15, -0.1) is 10.2 Å². The number of aromatic nitrogens is 2. The van der Waals surface area contributed by atoms with E-state index in [-0.39, 0.29) is 18.4 Å². The van der Waals surface area contributed by atoms with Crippen LogP contribution >= 0.6 is 23.1 Å². The number of carbonyl (C=O) groups is 2. The smallest absolute Gasteiger partial charge is 0.255 e. The largest absolute Gasteiger partial charge is 0.466 e. The average molecular weight is 403 g/mol. The van der Waals surface area contributed by atoms with Crippen molar-refractivity contribution in [3.63, 3.8) is 0 Å². The Morgan fingerprint density at radius 1 is 1.19 bits per heavy atom. The third-order valence-corrected chi connectivity index (χ3v) is 5.60. The SMILES string of the molecule is Cc1cc(C(=O)NCC(=O)Nc2nnc(SCc3ccccc3)s2)c(C)o1. The summed E-state index contributed by atoms with van der Waals surface area (Å²) >= 11 is 2.85. The molecule has 0 aliphatic carbocycles. The molecule has 1 aromatic carbocycles. The van der Waals surface area contributed by atoms with Gasteiger partial charge in [0.05, 0.1) is 12.1 Å². The van der Waals surface area contributed by atoms with Crippen LogP contribution in [0.1, 0.15) is 27.4 Å². The molecule has 0 saturated carbocycles. The first-order valence-corrected chi connectivity index (χ1v) is 9.97. The highest BCUT2D eigenvalue weighted by atomic mass is 32.2. The first-order chi connectivity index (χ1) is 13.0. The predicted molar refractivity (Wildman–Crippen MR) is 105 cm³/mol. The number of anilines is 1. The highest BCUT2D eigenvalue weighted by Gasteiger charge is 2.15. The number of benzene rings is 1. The molecule has 0 saturated heterocycles. The van der Waals surface area contributed by atoms with E-state index in [1.807, 2.05) is 30.3 Å². The van der Waals surface area contributed by atoms with E-state index in [9.17, 15) is 9.59 Å². The maximum absolute atomic E-state index is 12.1. The van der Waals surface area contributed by atoms with E-state index in [2.05, 4.69) is 20.8 Å². The minimum absolute atomic E-state index is 0.158. The number of furan rings is 1. The summed E-state index contributed by atoms with van der Waals surface area (Å²) in [4.78, 5) is 24.1. The van der Waals surface area contributed by atoms with E-state index in [1.165, 1.54) is 16.9 Å². The van der Waals surface area contributed by atoms with Crippen molar-refractivity contribution >= 4 is 40.0 Å². The lowest BCUT2D eigenvalue weighted by atomic mass is 10.2. The van der Waals surface area contributed by atoms with E-state index in [4.69, 9.17) is 4.42 Å². The second-order valence-corrected chi connectivity index (χ2v) is 7.91. The van der Waals surface area contributed by atoms with Crippen LogP contribution in [0.3, 0.4) is 0 Å². The van der Waals surface area contributed by atoms with Crippen LogP contribution in [-0.4, -0.2) is 28.6 Å². The molecule has 3 aromatic rings. The Bertz CT molecular complexity index is 937. The van der Waals surface area contributed by atoms with Crippen molar-refractivity contribution in [3.8, 4) is 0 Å². The van der Waals surface area contributed by atoms with Gasteiger partial charge in [-0.2, -0.15) is 0 Å². The van der Waals surface area contributed by atoms with Gasteiger partial charge in [-0.05, 0) is 25.5 Å². The lowest BCUT2D eigenvalue weighted by Crippen LogP contribution is -2.32. The molecular weight excluding hydrogens is 384 g/mol. The zero-order valence-corrected chi connectivity index (χ0v) is 16.4. The van der Waals surface area contributed by atoms with Crippen LogP contribution < -0.4 is 10.6 Å². The van der Waals surface area contributed by atoms with Gasteiger partial charge in [0, 0.05) is 5.75 Å². The number of thioether (sulfide) groups is 1. The van der Waals surface area contributed by atoms with E-state index in [0.717, 1.165) is 10.1 Å². The molecule has 0 aliphatic rings. The number of hydrogen-bond acceptors (Lipinski definition) is 7. The average Bonchev–Trinajstić information content (AvgIpc) is 3.24. The van der Waals surface area contributed by atoms with Gasteiger partial charge in [-0.1, -0.05) is 53.4 Å². The van der Waals surface area contributed by atoms with E-state index >= 15 is 0 Å². The van der Waals surface area contributed by atoms with Crippen LogP contribution in [0, 0.1) is 13.8 Å². The van der Waals surface area contributed by atoms with Crippen molar-refractivity contribution < 1.29 is 14.0 Å². The van der Waals surface area contributed by atoms with Gasteiger partial charge in [0.15, 0.2) is 4.34 Å². The second-order valence-electron chi connectivity index (χ2n) is 5.71. The van der Waals surface area contributed by atoms with Crippen LogP contribution in [0.2, 0.25) is 0 Å². The summed E-state index contributed by atoms with van der Waals surface area (Å²) in [5.41, 5.74) is 1.62. The number of hydrogen-bond donors (Lipinski definition) is 2. The lowest BCUT2D eigenvalue weighted by Gasteiger charge is -2.03. The van der Waals surface area contributed by atoms with Crippen molar-refractivity contribution in [1.29, 1.82) is 0 Å². The normalized spacial score (nSPS) is 10.6. The van der Waals surface area contributed by atoms with Crippen LogP contribution in [0.25, 0.3) is 0 Å². The topological polar surface area (TPSA) is 97.1 Å². The minimum Gasteiger partial charge on any atom is -0.466 e. The fraction of sp³-hybridized carbons (Fsp3) is 0.222. The molecule has 2 N–H and O–H groups in total. The maximum atomic E-state index is 12.1. The monoisotopic (exact) mass is 402 g/mol. The van der Waals surface area contributed by atoms with E-state index in [1.54, 1.807) is 31.7 Å². The molecule has 0 spiro atoms. The number of nitrogens with zero attached hydrogens (tertiary/aromatic N) is 2. The summed E-state index contributed by atoms with van der Waals surface area (Å²) < 4.78 is 6.08. The van der Waals surface area contributed by atoms with E-state index in [0.29, 0.717) is 22.2 Å². The number of aryl methyl sites for hydroxylation is 2. The third kappa shape index (κ3) is 5.41. The molecule has 9 heteroatoms. The van der Waals surface area contributed by atoms with Crippen LogP contribution in [0.15, 0.2) is 45.2 Å². The fourth-order valence-corrected chi connectivity index (χ4v) is 4.04. The minimum atomic E-state index is -0.364. The predicted octanol–water partition coefficient (Wildman–Crippen LogP) is 3.41. The summed E-state index contributed by atoms with van der Waals surface area (Å²) in [6.07, 6.45) is 0. The van der Waals surface area contributed by atoms with Gasteiger partial charge in [0.2, 0.25) is 11.0 Å². The lowest BCUT2D eigenvalue weighted by molar-refractivity contribution is -0.115. The Balaban J connectivity index is 1.46. The van der Waals surface area contributed by atoms with Gasteiger partial charge >= 0.3 is 0 Å². The van der Waals surface area contributed by atoms with Gasteiger partial charge in [-0.25, -0.2) is 0 Å². The van der Waals surface area contributed by atoms with Crippen LogP contribution in [0.5, 0.6) is 0 Å². The summed E-state index contributed by atoms with van der Waals surface area (Å²) in [7, 11) is 0. The molecule has 7 nitrogen and oxygen atoms in total. The first kappa shape index (κ1) is 19.1. The van der Waals surface area contributed by atoms with Crippen molar-refractivity contribution in [1.82, 2.24) is 15.5 Å². The van der Waals surface area contributed by atoms with Gasteiger partial charge in [0.1, 0.15) is 11.5 Å². The molecule has 0 unspecified atom stereocenters. The van der Waals surface area contributed by atoms with Crippen LogP contribution in [0.4, 0.5) is 5.13 Å². The number of nitrogens with one attached hydrogen (secondary N) is 2. The first-order valence-electron chi connectivity index (χ1n) is 8.16. The third-order valence-electron chi connectivity index (χ3n) is 3.55. The molecule has 0 atom stereocenters. The number of carbonyl (C=O) groups excluding carboxylic acids is 2. The number of amides is 2. The molecule has 3 rings (SSSR count). The highest BCUT2D eigenvalue weighted by molar-refractivity contribution is 8.00. The fourth-order valence-electron chi connectivity index (χ4n) is 2.31. The molecule has 140 valence electrons. The maximum Gasteiger partial charge on any atom is 0.255 e. The molecule has 2 aromatic heterocycles. The quantitative estimate of drug-likeness (QED) is 0.464. The van der Waals surface area contributed by atoms with Gasteiger partial charge < -0.3 is 9.73 Å². The van der Waals surface area contributed by atoms with Gasteiger partial charge in [-0.3, -0.25) is 14.9 Å². The van der Waals surface area contributed by atoms with Crippen molar-refractivity contribution in [3.05, 3.63) is 59.0 Å². The summed E-state index contributed by atoms with van der Waals surface area (Å²) in [5.74, 6) is 1.24. The zero-order valence-electron chi connectivity index (χ0n) is 14.8. The van der Waals surface area contributed by atoms with Crippen molar-refractivity contribution in [2.45, 2.75) is 23.9 Å². The Morgan fingerprint density at radius 3 is 2.67 bits per heavy atom. The van der Waals surface area contributed by atoms with Gasteiger partial charge in [0.25, 0.3) is 5.91 Å². The molecule has 0 aliphatic heterocycles. The van der Waals surface area contributed by atoms with Crippen molar-refractivity contribution in [2.75, 3.05) is 11.9 Å². The Hall–Kier alpha value is -2.65. The molecule has 0 radical (unpaired) electrons. The molecule has 2 amide bonds. The van der Waals surface area contributed by atoms with Crippen molar-refractivity contribution in [2.24, 2.45) is 0 Å². The Labute approximate surface area is 164 Å². The molecule has 0 bridgehead atoms. The standard InChI is InChI=1S/C18H18N4O3S2/c1-11-8-14(12(2)25-11)16(24)19-9-15(23)20-17-21-22-18(27-17)26-10-13-6-4-3-5-7-13/h3-8H,9-10H2,1-2H3,(H,19,24)(H,20,21,23). The molecule has 0 fully saturated rings. The Morgan fingerprint density at radius 2 is 1.96 bits per heavy atom. The van der Waals surface area contributed by atoms with Crippen LogP contribution in [-0.2, 0) is 10.5 Å². The zero-order chi connectivity index (χ0) is 19.2. The second kappa shape index (κ2) is 8.83.